The molecular weight excluding hydrogens is 282 g/mol. The maximum absolute atomic E-state index is 12.7. The monoisotopic (exact) mass is 311 g/mol. The van der Waals surface area contributed by atoms with E-state index in [4.69, 9.17) is 9.84 Å². The fourth-order valence-electron chi connectivity index (χ4n) is 3.72. The van der Waals surface area contributed by atoms with Gasteiger partial charge in [0.15, 0.2) is 6.10 Å². The molecule has 1 aliphatic carbocycles. The minimum Gasteiger partial charge on any atom is -0.479 e. The predicted octanol–water partition coefficient (Wildman–Crippen LogP) is 2.68. The molecule has 5 nitrogen and oxygen atoms in total. The number of rotatable bonds is 5. The van der Waals surface area contributed by atoms with Crippen molar-refractivity contribution < 1.29 is 19.4 Å². The van der Waals surface area contributed by atoms with E-state index in [1.54, 1.807) is 4.90 Å². The molecule has 0 aromatic rings. The maximum Gasteiger partial charge on any atom is 0.334 e. The van der Waals surface area contributed by atoms with Crippen LogP contribution in [-0.4, -0.2) is 47.2 Å². The zero-order valence-electron chi connectivity index (χ0n) is 13.8. The molecule has 22 heavy (non-hydrogen) atoms. The van der Waals surface area contributed by atoms with E-state index in [2.05, 4.69) is 6.92 Å². The second-order valence-electron chi connectivity index (χ2n) is 6.88. The van der Waals surface area contributed by atoms with Gasteiger partial charge in [-0.05, 0) is 38.5 Å². The lowest BCUT2D eigenvalue weighted by Crippen LogP contribution is -2.53. The Bertz CT molecular complexity index is 390. The molecule has 1 saturated heterocycles. The third-order valence-electron chi connectivity index (χ3n) is 5.01. The molecular formula is C17H29NO4. The van der Waals surface area contributed by atoms with Crippen LogP contribution < -0.4 is 0 Å². The van der Waals surface area contributed by atoms with Gasteiger partial charge in [-0.15, -0.1) is 0 Å². The Morgan fingerprint density at radius 3 is 2.45 bits per heavy atom. The molecule has 2 rings (SSSR count). The lowest BCUT2D eigenvalue weighted by Gasteiger charge is -2.38. The summed E-state index contributed by atoms with van der Waals surface area (Å²) in [5.74, 6) is 0.0139. The summed E-state index contributed by atoms with van der Waals surface area (Å²) in [6.07, 6.45) is 6.90. The molecule has 0 radical (unpaired) electrons. The number of carboxylic acid groups (broad SMARTS) is 1. The summed E-state index contributed by atoms with van der Waals surface area (Å²) in [5, 5.41) is 9.12. The second kappa shape index (κ2) is 7.95. The Morgan fingerprint density at radius 1 is 1.18 bits per heavy atom. The van der Waals surface area contributed by atoms with E-state index >= 15 is 0 Å². The molecule has 1 saturated carbocycles. The van der Waals surface area contributed by atoms with Crippen LogP contribution in [0.15, 0.2) is 0 Å². The van der Waals surface area contributed by atoms with Crippen LogP contribution in [0.2, 0.25) is 0 Å². The molecule has 1 unspecified atom stereocenters. The van der Waals surface area contributed by atoms with Gasteiger partial charge in [0.25, 0.3) is 0 Å². The summed E-state index contributed by atoms with van der Waals surface area (Å²) >= 11 is 0. The Morgan fingerprint density at radius 2 is 1.86 bits per heavy atom. The molecule has 0 spiro atoms. The standard InChI is InChI=1S/C17H29NO4/c1-3-4-5-13-6-8-14(9-7-13)16(19)18-10-12(2)22-15(11-18)17(20)21/h12-15H,3-11H2,1-2H3,(H,20,21)/t12-,13?,14?,15?/m1/s1. The molecule has 1 N–H and O–H groups in total. The van der Waals surface area contributed by atoms with Crippen molar-refractivity contribution in [2.45, 2.75) is 71.0 Å². The van der Waals surface area contributed by atoms with Crippen LogP contribution in [0.3, 0.4) is 0 Å². The first-order chi connectivity index (χ1) is 10.5. The fourth-order valence-corrected chi connectivity index (χ4v) is 3.72. The highest BCUT2D eigenvalue weighted by Gasteiger charge is 2.36. The van der Waals surface area contributed by atoms with Gasteiger partial charge in [0.1, 0.15) is 0 Å². The van der Waals surface area contributed by atoms with Gasteiger partial charge in [-0.1, -0.05) is 26.2 Å². The maximum atomic E-state index is 12.7. The van der Waals surface area contributed by atoms with Gasteiger partial charge in [-0.3, -0.25) is 4.79 Å². The molecule has 1 heterocycles. The number of hydrogen-bond donors (Lipinski definition) is 1. The zero-order valence-corrected chi connectivity index (χ0v) is 13.8. The summed E-state index contributed by atoms with van der Waals surface area (Å²) < 4.78 is 5.38. The summed E-state index contributed by atoms with van der Waals surface area (Å²) in [6, 6.07) is 0. The molecule has 0 aromatic heterocycles. The van der Waals surface area contributed by atoms with Crippen molar-refractivity contribution in [2.24, 2.45) is 11.8 Å². The van der Waals surface area contributed by atoms with Gasteiger partial charge in [0.2, 0.25) is 5.91 Å². The Labute approximate surface area is 133 Å². The molecule has 5 heteroatoms. The van der Waals surface area contributed by atoms with Crippen molar-refractivity contribution in [3.63, 3.8) is 0 Å². The minimum atomic E-state index is -0.979. The van der Waals surface area contributed by atoms with Crippen LogP contribution in [-0.2, 0) is 14.3 Å². The van der Waals surface area contributed by atoms with Gasteiger partial charge >= 0.3 is 5.97 Å². The highest BCUT2D eigenvalue weighted by molar-refractivity contribution is 5.80. The van der Waals surface area contributed by atoms with Crippen molar-refractivity contribution in [1.82, 2.24) is 4.90 Å². The van der Waals surface area contributed by atoms with E-state index in [9.17, 15) is 9.59 Å². The summed E-state index contributed by atoms with van der Waals surface area (Å²) in [7, 11) is 0. The Kier molecular flexibility index (Phi) is 6.24. The topological polar surface area (TPSA) is 66.8 Å². The number of ether oxygens (including phenoxy) is 1. The molecule has 2 fully saturated rings. The SMILES string of the molecule is CCCCC1CCC(C(=O)N2CC(C(=O)O)O[C@H](C)C2)CC1. The number of morpholine rings is 1. The number of unbranched alkanes of at least 4 members (excludes halogenated alkanes) is 1. The first-order valence-corrected chi connectivity index (χ1v) is 8.68. The number of aliphatic carboxylic acids is 1. The van der Waals surface area contributed by atoms with Crippen molar-refractivity contribution in [3.05, 3.63) is 0 Å². The number of nitrogens with zero attached hydrogens (tertiary/aromatic N) is 1. The highest BCUT2D eigenvalue weighted by atomic mass is 16.5. The molecule has 2 atom stereocenters. The number of hydrogen-bond acceptors (Lipinski definition) is 3. The van der Waals surface area contributed by atoms with Crippen molar-refractivity contribution in [1.29, 1.82) is 0 Å². The number of carbonyl (C=O) groups is 2. The lowest BCUT2D eigenvalue weighted by molar-refractivity contribution is -0.168. The molecule has 0 bridgehead atoms. The highest BCUT2D eigenvalue weighted by Crippen LogP contribution is 2.33. The molecule has 1 aliphatic heterocycles. The van der Waals surface area contributed by atoms with E-state index in [0.29, 0.717) is 6.54 Å². The van der Waals surface area contributed by atoms with Crippen molar-refractivity contribution in [2.75, 3.05) is 13.1 Å². The van der Waals surface area contributed by atoms with Crippen LogP contribution >= 0.6 is 0 Å². The van der Waals surface area contributed by atoms with Gasteiger partial charge in [0, 0.05) is 12.5 Å². The van der Waals surface area contributed by atoms with Crippen LogP contribution in [0.4, 0.5) is 0 Å². The Hall–Kier alpha value is -1.10. The minimum absolute atomic E-state index is 0.0811. The normalized spacial score (nSPS) is 32.7. The lowest BCUT2D eigenvalue weighted by atomic mass is 9.79. The zero-order chi connectivity index (χ0) is 16.1. The van der Waals surface area contributed by atoms with Gasteiger partial charge in [0.05, 0.1) is 12.6 Å². The molecule has 0 aromatic carbocycles. The average molecular weight is 311 g/mol. The van der Waals surface area contributed by atoms with Gasteiger partial charge in [-0.2, -0.15) is 0 Å². The molecule has 2 aliphatic rings. The first-order valence-electron chi connectivity index (χ1n) is 8.68. The van der Waals surface area contributed by atoms with E-state index in [-0.39, 0.29) is 24.5 Å². The third kappa shape index (κ3) is 4.45. The van der Waals surface area contributed by atoms with Crippen LogP contribution in [0.25, 0.3) is 0 Å². The van der Waals surface area contributed by atoms with Crippen molar-refractivity contribution >= 4 is 11.9 Å². The third-order valence-corrected chi connectivity index (χ3v) is 5.01. The fraction of sp³-hybridized carbons (Fsp3) is 0.882. The van der Waals surface area contributed by atoms with E-state index in [1.807, 2.05) is 6.92 Å². The quantitative estimate of drug-likeness (QED) is 0.847. The molecule has 1 amide bonds. The van der Waals surface area contributed by atoms with Crippen molar-refractivity contribution in [3.8, 4) is 0 Å². The second-order valence-corrected chi connectivity index (χ2v) is 6.88. The summed E-state index contributed by atoms with van der Waals surface area (Å²) in [6.45, 7) is 4.75. The van der Waals surface area contributed by atoms with E-state index in [1.165, 1.54) is 19.3 Å². The Balaban J connectivity index is 1.85. The first kappa shape index (κ1) is 17.3. The number of amides is 1. The smallest absolute Gasteiger partial charge is 0.334 e. The summed E-state index contributed by atoms with van der Waals surface area (Å²) in [4.78, 5) is 25.5. The van der Waals surface area contributed by atoms with Crippen LogP contribution in [0, 0.1) is 11.8 Å². The van der Waals surface area contributed by atoms with Gasteiger partial charge < -0.3 is 14.7 Å². The number of carboxylic acids is 1. The average Bonchev–Trinajstić information content (AvgIpc) is 2.52. The van der Waals surface area contributed by atoms with Crippen LogP contribution in [0.1, 0.15) is 58.8 Å². The van der Waals surface area contributed by atoms with Crippen LogP contribution in [0.5, 0.6) is 0 Å². The predicted molar refractivity (Wildman–Crippen MR) is 83.5 cm³/mol. The van der Waals surface area contributed by atoms with Gasteiger partial charge in [-0.25, -0.2) is 4.79 Å². The molecule has 126 valence electrons. The van der Waals surface area contributed by atoms with E-state index < -0.39 is 12.1 Å². The summed E-state index contributed by atoms with van der Waals surface area (Å²) in [5.41, 5.74) is 0. The van der Waals surface area contributed by atoms with E-state index in [0.717, 1.165) is 31.6 Å². The number of carbonyl (C=O) groups excluding carboxylic acids is 1. The largest absolute Gasteiger partial charge is 0.479 e.